The van der Waals surface area contributed by atoms with E-state index in [0.717, 1.165) is 9.80 Å². The molecule has 6 nitrogen and oxygen atoms in total. The largest absolute Gasteiger partial charge is 0.465 e. The number of hydrogen-bond donors (Lipinski definition) is 1. The zero-order chi connectivity index (χ0) is 16.3. The molecule has 0 aromatic heterocycles. The van der Waals surface area contributed by atoms with Gasteiger partial charge in [-0.15, -0.1) is 6.58 Å². The Morgan fingerprint density at radius 2 is 1.95 bits per heavy atom. The molecule has 0 radical (unpaired) electrons. The molecule has 1 aliphatic heterocycles. The Labute approximate surface area is 128 Å². The minimum absolute atomic E-state index is 0.0472. The molecule has 1 saturated heterocycles. The van der Waals surface area contributed by atoms with Crippen molar-refractivity contribution in [2.24, 2.45) is 0 Å². The summed E-state index contributed by atoms with van der Waals surface area (Å²) in [6.45, 7) is 5.24. The van der Waals surface area contributed by atoms with E-state index in [4.69, 9.17) is 0 Å². The van der Waals surface area contributed by atoms with Crippen molar-refractivity contribution in [2.45, 2.75) is 18.9 Å². The van der Waals surface area contributed by atoms with E-state index in [1.165, 1.54) is 13.0 Å². The van der Waals surface area contributed by atoms with E-state index in [0.29, 0.717) is 5.56 Å². The summed E-state index contributed by atoms with van der Waals surface area (Å²) >= 11 is 0. The third kappa shape index (κ3) is 2.59. The van der Waals surface area contributed by atoms with Crippen LogP contribution in [0.5, 0.6) is 0 Å². The van der Waals surface area contributed by atoms with Gasteiger partial charge in [-0.25, -0.2) is 4.79 Å². The summed E-state index contributed by atoms with van der Waals surface area (Å²) in [4.78, 5) is 38.8. The van der Waals surface area contributed by atoms with E-state index < -0.39 is 23.4 Å². The molecule has 2 rings (SSSR count). The number of rotatable bonds is 3. The first-order valence-electron chi connectivity index (χ1n) is 6.94. The van der Waals surface area contributed by atoms with Gasteiger partial charge in [0.15, 0.2) is 0 Å². The molecule has 0 aliphatic carbocycles. The molecule has 1 unspecified atom stereocenters. The van der Waals surface area contributed by atoms with Gasteiger partial charge < -0.3 is 5.11 Å². The molecular weight excluding hydrogens is 284 g/mol. The molecule has 116 valence electrons. The Morgan fingerprint density at radius 3 is 2.50 bits per heavy atom. The van der Waals surface area contributed by atoms with Crippen LogP contribution in [0.3, 0.4) is 0 Å². The molecule has 1 fully saturated rings. The first kappa shape index (κ1) is 15.8. The number of carboxylic acid groups (broad SMARTS) is 1. The first-order chi connectivity index (χ1) is 10.4. The molecule has 1 aromatic carbocycles. The van der Waals surface area contributed by atoms with Crippen LogP contribution in [0.2, 0.25) is 0 Å². The van der Waals surface area contributed by atoms with Gasteiger partial charge >= 0.3 is 6.09 Å². The second-order valence-corrected chi connectivity index (χ2v) is 5.33. The van der Waals surface area contributed by atoms with Crippen molar-refractivity contribution in [1.82, 2.24) is 9.80 Å². The Hall–Kier alpha value is -2.63. The van der Waals surface area contributed by atoms with E-state index in [1.54, 1.807) is 30.3 Å². The summed E-state index contributed by atoms with van der Waals surface area (Å²) < 4.78 is 0. The van der Waals surface area contributed by atoms with Gasteiger partial charge in [-0.05, 0) is 25.5 Å². The zero-order valence-electron chi connectivity index (χ0n) is 12.4. The summed E-state index contributed by atoms with van der Waals surface area (Å²) in [5, 5.41) is 9.30. The summed E-state index contributed by atoms with van der Waals surface area (Å²) in [6.07, 6.45) is 0.464. The van der Waals surface area contributed by atoms with Crippen molar-refractivity contribution < 1.29 is 19.5 Å². The molecule has 1 heterocycles. The van der Waals surface area contributed by atoms with Gasteiger partial charge in [-0.1, -0.05) is 24.3 Å². The monoisotopic (exact) mass is 302 g/mol. The van der Waals surface area contributed by atoms with Gasteiger partial charge in [-0.2, -0.15) is 0 Å². The van der Waals surface area contributed by atoms with Gasteiger partial charge in [0.05, 0.1) is 0 Å². The average Bonchev–Trinajstić information content (AvgIpc) is 2.50. The molecule has 1 atom stereocenters. The zero-order valence-corrected chi connectivity index (χ0v) is 12.4. The SMILES string of the molecule is C=CCC1(C)C(=O)N(C(=O)c2ccccc2)CCN1C(=O)O. The summed E-state index contributed by atoms with van der Waals surface area (Å²) in [5.74, 6) is -0.930. The fourth-order valence-electron chi connectivity index (χ4n) is 2.67. The summed E-state index contributed by atoms with van der Waals surface area (Å²) in [5.41, 5.74) is -0.906. The molecular formula is C16H18N2O4. The number of piperazine rings is 1. The van der Waals surface area contributed by atoms with E-state index in [1.807, 2.05) is 0 Å². The molecule has 6 heteroatoms. The standard InChI is InChI=1S/C16H18N2O4/c1-3-9-16(2)14(20)17(10-11-18(16)15(21)22)13(19)12-7-5-4-6-8-12/h3-8H,1,9-11H2,2H3,(H,21,22). The highest BCUT2D eigenvalue weighted by Crippen LogP contribution is 2.28. The predicted octanol–water partition coefficient (Wildman–Crippen LogP) is 1.98. The highest BCUT2D eigenvalue weighted by molar-refractivity contribution is 6.08. The fraction of sp³-hybridized carbons (Fsp3) is 0.312. The molecule has 0 bridgehead atoms. The number of hydrogen-bond acceptors (Lipinski definition) is 3. The Balaban J connectivity index is 2.33. The summed E-state index contributed by atoms with van der Waals surface area (Å²) in [7, 11) is 0. The van der Waals surface area contributed by atoms with Crippen molar-refractivity contribution in [3.8, 4) is 0 Å². The number of benzene rings is 1. The van der Waals surface area contributed by atoms with Crippen LogP contribution in [0.25, 0.3) is 0 Å². The second kappa shape index (κ2) is 6.01. The van der Waals surface area contributed by atoms with Crippen molar-refractivity contribution in [3.05, 3.63) is 48.6 Å². The van der Waals surface area contributed by atoms with Gasteiger partial charge in [-0.3, -0.25) is 19.4 Å². The van der Waals surface area contributed by atoms with Gasteiger partial charge in [0.2, 0.25) is 0 Å². The van der Waals surface area contributed by atoms with Crippen molar-refractivity contribution in [1.29, 1.82) is 0 Å². The Kier molecular flexibility index (Phi) is 4.30. The number of amides is 3. The van der Waals surface area contributed by atoms with E-state index in [9.17, 15) is 19.5 Å². The molecule has 1 aliphatic rings. The van der Waals surface area contributed by atoms with Crippen molar-refractivity contribution in [2.75, 3.05) is 13.1 Å². The highest BCUT2D eigenvalue weighted by Gasteiger charge is 2.48. The highest BCUT2D eigenvalue weighted by atomic mass is 16.4. The number of carbonyl (C=O) groups excluding carboxylic acids is 2. The van der Waals surface area contributed by atoms with Crippen LogP contribution in [0.4, 0.5) is 4.79 Å². The lowest BCUT2D eigenvalue weighted by molar-refractivity contribution is -0.144. The minimum atomic E-state index is -1.31. The quantitative estimate of drug-likeness (QED) is 0.684. The van der Waals surface area contributed by atoms with Crippen LogP contribution >= 0.6 is 0 Å². The third-order valence-electron chi connectivity index (χ3n) is 3.89. The van der Waals surface area contributed by atoms with Crippen LogP contribution in [0.1, 0.15) is 23.7 Å². The van der Waals surface area contributed by atoms with Crippen LogP contribution < -0.4 is 0 Å². The maximum absolute atomic E-state index is 12.7. The molecule has 0 spiro atoms. The number of imide groups is 1. The normalized spacial score (nSPS) is 21.6. The van der Waals surface area contributed by atoms with Crippen LogP contribution in [-0.4, -0.2) is 51.4 Å². The van der Waals surface area contributed by atoms with Crippen LogP contribution in [-0.2, 0) is 4.79 Å². The lowest BCUT2D eigenvalue weighted by Crippen LogP contribution is -2.66. The molecule has 1 aromatic rings. The molecule has 0 saturated carbocycles. The lowest BCUT2D eigenvalue weighted by Gasteiger charge is -2.45. The Morgan fingerprint density at radius 1 is 1.32 bits per heavy atom. The van der Waals surface area contributed by atoms with Gasteiger partial charge in [0, 0.05) is 18.7 Å². The van der Waals surface area contributed by atoms with Crippen LogP contribution in [0.15, 0.2) is 43.0 Å². The van der Waals surface area contributed by atoms with Crippen molar-refractivity contribution in [3.63, 3.8) is 0 Å². The van der Waals surface area contributed by atoms with E-state index in [-0.39, 0.29) is 19.5 Å². The smallest absolute Gasteiger partial charge is 0.408 e. The molecule has 1 N–H and O–H groups in total. The van der Waals surface area contributed by atoms with Crippen molar-refractivity contribution >= 4 is 17.9 Å². The van der Waals surface area contributed by atoms with Gasteiger partial charge in [0.25, 0.3) is 11.8 Å². The molecule has 22 heavy (non-hydrogen) atoms. The Bertz CT molecular complexity index is 614. The van der Waals surface area contributed by atoms with E-state index in [2.05, 4.69) is 6.58 Å². The van der Waals surface area contributed by atoms with Crippen LogP contribution in [0, 0.1) is 0 Å². The average molecular weight is 302 g/mol. The molecule has 3 amide bonds. The maximum Gasteiger partial charge on any atom is 0.408 e. The predicted molar refractivity (Wildman–Crippen MR) is 80.4 cm³/mol. The first-order valence-corrected chi connectivity index (χ1v) is 6.94. The van der Waals surface area contributed by atoms with E-state index >= 15 is 0 Å². The second-order valence-electron chi connectivity index (χ2n) is 5.33. The minimum Gasteiger partial charge on any atom is -0.465 e. The third-order valence-corrected chi connectivity index (χ3v) is 3.89. The topological polar surface area (TPSA) is 77.9 Å². The number of carbonyl (C=O) groups is 3. The summed E-state index contributed by atoms with van der Waals surface area (Å²) in [6, 6.07) is 8.47. The fourth-order valence-corrected chi connectivity index (χ4v) is 2.67. The lowest BCUT2D eigenvalue weighted by atomic mass is 9.91. The maximum atomic E-state index is 12.7. The number of nitrogens with zero attached hydrogens (tertiary/aromatic N) is 2. The van der Waals surface area contributed by atoms with Gasteiger partial charge in [0.1, 0.15) is 5.54 Å².